The lowest BCUT2D eigenvalue weighted by Crippen LogP contribution is -2.39. The van der Waals surface area contributed by atoms with Gasteiger partial charge in [-0.25, -0.2) is 0 Å². The van der Waals surface area contributed by atoms with Crippen LogP contribution in [0, 0.1) is 0 Å². The Labute approximate surface area is 122 Å². The average molecular weight is 278 g/mol. The first-order valence-electron chi connectivity index (χ1n) is 7.48. The number of hydrogen-bond acceptors (Lipinski definition) is 4. The fourth-order valence-electron chi connectivity index (χ4n) is 2.68. The van der Waals surface area contributed by atoms with Gasteiger partial charge < -0.3 is 19.7 Å². The molecule has 4 heteroatoms. The van der Waals surface area contributed by atoms with Crippen LogP contribution in [0.3, 0.4) is 0 Å². The van der Waals surface area contributed by atoms with Crippen molar-refractivity contribution in [2.24, 2.45) is 0 Å². The van der Waals surface area contributed by atoms with Crippen LogP contribution in [0.25, 0.3) is 0 Å². The van der Waals surface area contributed by atoms with Gasteiger partial charge in [-0.2, -0.15) is 0 Å². The highest BCUT2D eigenvalue weighted by molar-refractivity contribution is 5.55. The van der Waals surface area contributed by atoms with Gasteiger partial charge in [-0.05, 0) is 25.8 Å². The Kier molecular flexibility index (Phi) is 5.53. The van der Waals surface area contributed by atoms with Gasteiger partial charge in [0.05, 0.1) is 14.2 Å². The van der Waals surface area contributed by atoms with E-state index < -0.39 is 0 Å². The second kappa shape index (κ2) is 7.39. The van der Waals surface area contributed by atoms with Crippen LogP contribution in [-0.2, 0) is 0 Å². The number of hydrogen-bond donors (Lipinski definition) is 1. The molecule has 0 saturated carbocycles. The zero-order chi connectivity index (χ0) is 14.4. The predicted octanol–water partition coefficient (Wildman–Crippen LogP) is 2.67. The topological polar surface area (TPSA) is 33.7 Å². The highest BCUT2D eigenvalue weighted by Crippen LogP contribution is 2.29. The molecule has 1 unspecified atom stereocenters. The maximum atomic E-state index is 5.37. The standard InChI is InChI=1S/C16H26N2O2/c1-4-13-6-9-18(8-5-7-17-13)14-10-15(19-2)12-16(11-14)20-3/h10-13,17H,4-9H2,1-3H3. The molecular weight excluding hydrogens is 252 g/mol. The summed E-state index contributed by atoms with van der Waals surface area (Å²) in [5, 5.41) is 3.61. The normalized spacial score (nSPS) is 20.1. The maximum absolute atomic E-state index is 5.37. The molecule has 1 aliphatic rings. The predicted molar refractivity (Wildman–Crippen MR) is 83.1 cm³/mol. The van der Waals surface area contributed by atoms with Crippen molar-refractivity contribution >= 4 is 5.69 Å². The first kappa shape index (κ1) is 15.0. The van der Waals surface area contributed by atoms with E-state index in [2.05, 4.69) is 29.3 Å². The largest absolute Gasteiger partial charge is 0.497 e. The van der Waals surface area contributed by atoms with Crippen LogP contribution in [0.15, 0.2) is 18.2 Å². The van der Waals surface area contributed by atoms with Gasteiger partial charge in [0.25, 0.3) is 0 Å². The van der Waals surface area contributed by atoms with Crippen molar-refractivity contribution < 1.29 is 9.47 Å². The molecule has 1 saturated heterocycles. The third kappa shape index (κ3) is 3.79. The minimum absolute atomic E-state index is 0.630. The molecule has 112 valence electrons. The Bertz CT molecular complexity index is 401. The zero-order valence-electron chi connectivity index (χ0n) is 12.8. The Morgan fingerprint density at radius 1 is 1.15 bits per heavy atom. The minimum Gasteiger partial charge on any atom is -0.497 e. The van der Waals surface area contributed by atoms with Crippen molar-refractivity contribution in [3.8, 4) is 11.5 Å². The quantitative estimate of drug-likeness (QED) is 0.918. The summed E-state index contributed by atoms with van der Waals surface area (Å²) in [6.07, 6.45) is 3.53. The number of nitrogens with one attached hydrogen (secondary N) is 1. The number of ether oxygens (including phenoxy) is 2. The third-order valence-electron chi connectivity index (χ3n) is 3.98. The Hall–Kier alpha value is -1.42. The van der Waals surface area contributed by atoms with Crippen molar-refractivity contribution in [2.75, 3.05) is 38.8 Å². The van der Waals surface area contributed by atoms with Crippen LogP contribution in [0.1, 0.15) is 26.2 Å². The molecule has 1 heterocycles. The number of benzene rings is 1. The van der Waals surface area contributed by atoms with Crippen LogP contribution in [0.2, 0.25) is 0 Å². The van der Waals surface area contributed by atoms with Gasteiger partial charge in [0.2, 0.25) is 0 Å². The SMILES string of the molecule is CCC1CCN(c2cc(OC)cc(OC)c2)CCCN1. The lowest BCUT2D eigenvalue weighted by molar-refractivity contribution is 0.393. The maximum Gasteiger partial charge on any atom is 0.124 e. The minimum atomic E-state index is 0.630. The van der Waals surface area contributed by atoms with Gasteiger partial charge in [0.15, 0.2) is 0 Å². The van der Waals surface area contributed by atoms with Crippen LogP contribution < -0.4 is 19.7 Å². The van der Waals surface area contributed by atoms with Crippen molar-refractivity contribution in [1.82, 2.24) is 5.32 Å². The molecule has 1 atom stereocenters. The highest BCUT2D eigenvalue weighted by atomic mass is 16.5. The van der Waals surface area contributed by atoms with Crippen LogP contribution in [0.5, 0.6) is 11.5 Å². The molecule has 2 rings (SSSR count). The molecule has 0 aliphatic carbocycles. The van der Waals surface area contributed by atoms with Crippen molar-refractivity contribution in [3.63, 3.8) is 0 Å². The fourth-order valence-corrected chi connectivity index (χ4v) is 2.68. The summed E-state index contributed by atoms with van der Waals surface area (Å²) in [5.74, 6) is 1.71. The smallest absolute Gasteiger partial charge is 0.124 e. The van der Waals surface area contributed by atoms with Crippen molar-refractivity contribution in [2.45, 2.75) is 32.2 Å². The molecule has 1 aliphatic heterocycles. The van der Waals surface area contributed by atoms with E-state index >= 15 is 0 Å². The second-order valence-corrected chi connectivity index (χ2v) is 5.26. The summed E-state index contributed by atoms with van der Waals surface area (Å²) >= 11 is 0. The summed E-state index contributed by atoms with van der Waals surface area (Å²) < 4.78 is 10.7. The number of anilines is 1. The van der Waals surface area contributed by atoms with E-state index in [1.54, 1.807) is 14.2 Å². The molecule has 4 nitrogen and oxygen atoms in total. The summed E-state index contributed by atoms with van der Waals surface area (Å²) in [6.45, 7) is 5.48. The van der Waals surface area contributed by atoms with Crippen LogP contribution >= 0.6 is 0 Å². The van der Waals surface area contributed by atoms with Crippen molar-refractivity contribution in [1.29, 1.82) is 0 Å². The Morgan fingerprint density at radius 2 is 1.85 bits per heavy atom. The summed E-state index contributed by atoms with van der Waals surface area (Å²) in [7, 11) is 3.39. The third-order valence-corrected chi connectivity index (χ3v) is 3.98. The second-order valence-electron chi connectivity index (χ2n) is 5.26. The molecule has 1 N–H and O–H groups in total. The van der Waals surface area contributed by atoms with Gasteiger partial charge in [-0.1, -0.05) is 6.92 Å². The van der Waals surface area contributed by atoms with Crippen LogP contribution in [0.4, 0.5) is 5.69 Å². The fraction of sp³-hybridized carbons (Fsp3) is 0.625. The first-order chi connectivity index (χ1) is 9.76. The van der Waals surface area contributed by atoms with Crippen molar-refractivity contribution in [3.05, 3.63) is 18.2 Å². The number of nitrogens with zero attached hydrogens (tertiary/aromatic N) is 1. The van der Waals surface area contributed by atoms with E-state index in [1.165, 1.54) is 18.5 Å². The average Bonchev–Trinajstić information content (AvgIpc) is 2.47. The van der Waals surface area contributed by atoms with E-state index in [-0.39, 0.29) is 0 Å². The molecular formula is C16H26N2O2. The van der Waals surface area contributed by atoms with E-state index in [0.717, 1.165) is 37.6 Å². The van der Waals surface area contributed by atoms with Gasteiger partial charge in [0, 0.05) is 43.0 Å². The van der Waals surface area contributed by atoms with E-state index in [9.17, 15) is 0 Å². The molecule has 0 spiro atoms. The molecule has 1 fully saturated rings. The van der Waals surface area contributed by atoms with Gasteiger partial charge in [-0.3, -0.25) is 0 Å². The monoisotopic (exact) mass is 278 g/mol. The number of rotatable bonds is 4. The first-order valence-corrected chi connectivity index (χ1v) is 7.48. The zero-order valence-corrected chi connectivity index (χ0v) is 12.8. The lowest BCUT2D eigenvalue weighted by atomic mass is 10.1. The Morgan fingerprint density at radius 3 is 2.45 bits per heavy atom. The Balaban J connectivity index is 2.15. The van der Waals surface area contributed by atoms with Gasteiger partial charge >= 0.3 is 0 Å². The molecule has 0 aromatic heterocycles. The van der Waals surface area contributed by atoms with Crippen LogP contribution in [-0.4, -0.2) is 39.9 Å². The van der Waals surface area contributed by atoms with Gasteiger partial charge in [-0.15, -0.1) is 0 Å². The molecule has 1 aromatic carbocycles. The van der Waals surface area contributed by atoms with Gasteiger partial charge in [0.1, 0.15) is 11.5 Å². The molecule has 0 bridgehead atoms. The summed E-state index contributed by atoms with van der Waals surface area (Å²) in [6, 6.07) is 6.74. The number of methoxy groups -OCH3 is 2. The highest BCUT2D eigenvalue weighted by Gasteiger charge is 2.15. The lowest BCUT2D eigenvalue weighted by Gasteiger charge is -2.31. The molecule has 0 radical (unpaired) electrons. The van der Waals surface area contributed by atoms with E-state index in [0.29, 0.717) is 6.04 Å². The molecule has 20 heavy (non-hydrogen) atoms. The summed E-state index contributed by atoms with van der Waals surface area (Å²) in [4.78, 5) is 2.44. The van der Waals surface area contributed by atoms with E-state index in [4.69, 9.17) is 9.47 Å². The molecule has 1 aromatic rings. The summed E-state index contributed by atoms with van der Waals surface area (Å²) in [5.41, 5.74) is 1.19. The van der Waals surface area contributed by atoms with E-state index in [1.807, 2.05) is 6.07 Å². The molecule has 0 amide bonds.